The predicted molar refractivity (Wildman–Crippen MR) is 113 cm³/mol. The molecule has 0 aliphatic carbocycles. The van der Waals surface area contributed by atoms with E-state index in [1.807, 2.05) is 24.3 Å². The first-order valence-corrected chi connectivity index (χ1v) is 9.99. The van der Waals surface area contributed by atoms with Gasteiger partial charge < -0.3 is 5.32 Å². The zero-order valence-electron chi connectivity index (χ0n) is 16.0. The molecule has 0 unspecified atom stereocenters. The van der Waals surface area contributed by atoms with Crippen molar-refractivity contribution in [2.45, 2.75) is 51.4 Å². The van der Waals surface area contributed by atoms with Crippen LogP contribution in [0.4, 0.5) is 10.1 Å². The first-order chi connectivity index (χ1) is 13.3. The largest absolute Gasteiger partial charge is 0.385 e. The Morgan fingerprint density at radius 3 is 2.00 bits per heavy atom. The summed E-state index contributed by atoms with van der Waals surface area (Å²) in [6.45, 7) is 0.981. The lowest BCUT2D eigenvalue weighted by Gasteiger charge is -2.06. The molecule has 0 atom stereocenters. The summed E-state index contributed by atoms with van der Waals surface area (Å²) < 4.78 is 12.8. The van der Waals surface area contributed by atoms with Crippen molar-refractivity contribution in [2.75, 3.05) is 11.9 Å². The molecule has 0 radical (unpaired) electrons. The number of hydrogen-bond donors (Lipinski definition) is 1. The van der Waals surface area contributed by atoms with E-state index in [9.17, 15) is 9.18 Å². The van der Waals surface area contributed by atoms with Gasteiger partial charge in [-0.05, 0) is 61.2 Å². The maximum absolute atomic E-state index is 12.8. The Hall–Kier alpha value is -2.42. The van der Waals surface area contributed by atoms with Crippen molar-refractivity contribution in [3.05, 3.63) is 71.6 Å². The van der Waals surface area contributed by atoms with E-state index in [0.717, 1.165) is 30.5 Å². The normalized spacial score (nSPS) is 11.0. The van der Waals surface area contributed by atoms with E-state index in [0.29, 0.717) is 5.56 Å². The van der Waals surface area contributed by atoms with Gasteiger partial charge in [-0.1, -0.05) is 56.4 Å². The van der Waals surface area contributed by atoms with Gasteiger partial charge in [-0.2, -0.15) is 0 Å². The van der Waals surface area contributed by atoms with Gasteiger partial charge in [-0.3, -0.25) is 4.79 Å². The van der Waals surface area contributed by atoms with Gasteiger partial charge in [-0.15, -0.1) is 0 Å². The van der Waals surface area contributed by atoms with Crippen LogP contribution in [0.2, 0.25) is 0 Å². The van der Waals surface area contributed by atoms with Gasteiger partial charge in [-0.25, -0.2) is 4.39 Å². The molecule has 0 aliphatic rings. The summed E-state index contributed by atoms with van der Waals surface area (Å²) in [6, 6.07) is 14.2. The Kier molecular flexibility index (Phi) is 9.95. The number of benzene rings is 2. The fraction of sp³-hybridized carbons (Fsp3) is 0.375. The number of allylic oxidation sites excluding steroid dienone is 1. The summed E-state index contributed by atoms with van der Waals surface area (Å²) in [6.07, 6.45) is 15.0. The molecule has 0 bridgehead atoms. The molecule has 27 heavy (non-hydrogen) atoms. The predicted octanol–water partition coefficient (Wildman–Crippen LogP) is 6.88. The molecule has 0 saturated carbocycles. The quantitative estimate of drug-likeness (QED) is 0.309. The molecule has 0 spiro atoms. The van der Waals surface area contributed by atoms with Crippen LogP contribution in [-0.2, 0) is 0 Å². The van der Waals surface area contributed by atoms with E-state index in [1.165, 1.54) is 57.1 Å². The number of unbranched alkanes of at least 4 members (excludes halogenated alkanes) is 7. The molecule has 2 nitrogen and oxygen atoms in total. The van der Waals surface area contributed by atoms with E-state index >= 15 is 0 Å². The number of aldehydes is 1. The molecule has 2 rings (SSSR count). The van der Waals surface area contributed by atoms with E-state index in [1.54, 1.807) is 12.1 Å². The van der Waals surface area contributed by atoms with Crippen LogP contribution in [-0.4, -0.2) is 12.8 Å². The van der Waals surface area contributed by atoms with E-state index in [-0.39, 0.29) is 5.82 Å². The molecule has 3 heteroatoms. The second kappa shape index (κ2) is 12.9. The molecule has 2 aromatic carbocycles. The van der Waals surface area contributed by atoms with Crippen LogP contribution in [0.3, 0.4) is 0 Å². The second-order valence-corrected chi connectivity index (χ2v) is 6.88. The SMILES string of the molecule is O=Cc1ccc(NCCCCCCCCC/C=C/c2ccc(F)cc2)cc1. The standard InChI is InChI=1S/C24H30FNO/c25-23-15-11-21(12-16-23)10-8-6-4-2-1-3-5-7-9-19-26-24-17-13-22(20-27)14-18-24/h8,10-18,20,26H,1-7,9,19H2/b10-8+. The molecular weight excluding hydrogens is 337 g/mol. The van der Waals surface area contributed by atoms with E-state index in [4.69, 9.17) is 0 Å². The van der Waals surface area contributed by atoms with Gasteiger partial charge in [0.05, 0.1) is 0 Å². The van der Waals surface area contributed by atoms with E-state index < -0.39 is 0 Å². The molecule has 0 aromatic heterocycles. The molecule has 0 heterocycles. The van der Waals surface area contributed by atoms with Crippen molar-refractivity contribution in [1.82, 2.24) is 0 Å². The highest BCUT2D eigenvalue weighted by molar-refractivity contribution is 5.75. The summed E-state index contributed by atoms with van der Waals surface area (Å²) in [5.74, 6) is -0.184. The highest BCUT2D eigenvalue weighted by Crippen LogP contribution is 2.12. The first kappa shape index (κ1) is 20.9. The fourth-order valence-electron chi connectivity index (χ4n) is 2.98. The Morgan fingerprint density at radius 2 is 1.33 bits per heavy atom. The number of carbonyl (C=O) groups is 1. The fourth-order valence-corrected chi connectivity index (χ4v) is 2.98. The minimum Gasteiger partial charge on any atom is -0.385 e. The van der Waals surface area contributed by atoms with Crippen molar-refractivity contribution in [3.8, 4) is 0 Å². The summed E-state index contributed by atoms with van der Waals surface area (Å²) in [5, 5.41) is 3.39. The topological polar surface area (TPSA) is 29.1 Å². The molecule has 144 valence electrons. The van der Waals surface area contributed by atoms with Crippen molar-refractivity contribution in [1.29, 1.82) is 0 Å². The number of carbonyl (C=O) groups excluding carboxylic acids is 1. The minimum absolute atomic E-state index is 0.184. The van der Waals surface area contributed by atoms with Crippen LogP contribution in [0.15, 0.2) is 54.6 Å². The molecule has 2 aromatic rings. The molecule has 0 fully saturated rings. The van der Waals surface area contributed by atoms with Crippen LogP contribution in [0, 0.1) is 5.82 Å². The van der Waals surface area contributed by atoms with Gasteiger partial charge in [0.25, 0.3) is 0 Å². The van der Waals surface area contributed by atoms with Crippen molar-refractivity contribution >= 4 is 18.0 Å². The van der Waals surface area contributed by atoms with Gasteiger partial charge >= 0.3 is 0 Å². The summed E-state index contributed by atoms with van der Waals surface area (Å²) >= 11 is 0. The van der Waals surface area contributed by atoms with Crippen LogP contribution in [0.1, 0.15) is 67.3 Å². The van der Waals surface area contributed by atoms with Crippen LogP contribution in [0.5, 0.6) is 0 Å². The minimum atomic E-state index is -0.184. The van der Waals surface area contributed by atoms with E-state index in [2.05, 4.69) is 17.5 Å². The van der Waals surface area contributed by atoms with Crippen LogP contribution in [0.25, 0.3) is 6.08 Å². The maximum Gasteiger partial charge on any atom is 0.150 e. The smallest absolute Gasteiger partial charge is 0.150 e. The van der Waals surface area contributed by atoms with Crippen LogP contribution < -0.4 is 5.32 Å². The Balaban J connectivity index is 1.40. The third-order valence-corrected chi connectivity index (χ3v) is 4.60. The molecular formula is C24H30FNO. The third kappa shape index (κ3) is 9.18. The lowest BCUT2D eigenvalue weighted by Crippen LogP contribution is -2.01. The Bertz CT molecular complexity index is 677. The van der Waals surface area contributed by atoms with Gasteiger partial charge in [0.2, 0.25) is 0 Å². The molecule has 0 amide bonds. The number of nitrogens with one attached hydrogen (secondary N) is 1. The average molecular weight is 368 g/mol. The number of halogens is 1. The van der Waals surface area contributed by atoms with Gasteiger partial charge in [0.15, 0.2) is 0 Å². The molecule has 0 aliphatic heterocycles. The zero-order valence-corrected chi connectivity index (χ0v) is 16.0. The lowest BCUT2D eigenvalue weighted by atomic mass is 10.1. The number of hydrogen-bond acceptors (Lipinski definition) is 2. The molecule has 0 saturated heterocycles. The average Bonchev–Trinajstić information content (AvgIpc) is 2.70. The first-order valence-electron chi connectivity index (χ1n) is 9.99. The van der Waals surface area contributed by atoms with Crippen molar-refractivity contribution in [2.24, 2.45) is 0 Å². The summed E-state index contributed by atoms with van der Waals surface area (Å²) in [5.41, 5.74) is 2.85. The zero-order chi connectivity index (χ0) is 19.2. The Labute approximate surface area is 162 Å². The van der Waals surface area contributed by atoms with Gasteiger partial charge in [0.1, 0.15) is 12.1 Å². The van der Waals surface area contributed by atoms with Gasteiger partial charge in [0, 0.05) is 17.8 Å². The second-order valence-electron chi connectivity index (χ2n) is 6.88. The summed E-state index contributed by atoms with van der Waals surface area (Å²) in [4.78, 5) is 10.6. The van der Waals surface area contributed by atoms with Crippen molar-refractivity contribution < 1.29 is 9.18 Å². The maximum atomic E-state index is 12.8. The molecule has 1 N–H and O–H groups in total. The van der Waals surface area contributed by atoms with Crippen molar-refractivity contribution in [3.63, 3.8) is 0 Å². The third-order valence-electron chi connectivity index (χ3n) is 4.60. The lowest BCUT2D eigenvalue weighted by molar-refractivity contribution is 0.112. The van der Waals surface area contributed by atoms with Crippen LogP contribution >= 0.6 is 0 Å². The number of rotatable bonds is 13. The summed E-state index contributed by atoms with van der Waals surface area (Å²) in [7, 11) is 0. The highest BCUT2D eigenvalue weighted by atomic mass is 19.1. The number of anilines is 1. The highest BCUT2D eigenvalue weighted by Gasteiger charge is 1.95. The Morgan fingerprint density at radius 1 is 0.741 bits per heavy atom. The monoisotopic (exact) mass is 367 g/mol.